The summed E-state index contributed by atoms with van der Waals surface area (Å²) in [6, 6.07) is 1.60. The number of pyridine rings is 1. The quantitative estimate of drug-likeness (QED) is 0.812. The molecule has 1 rings (SSSR count). The second kappa shape index (κ2) is 5.85. The molecule has 0 fully saturated rings. The molecule has 6 nitrogen and oxygen atoms in total. The Labute approximate surface area is 114 Å². The molecule has 0 atom stereocenters. The Kier molecular flexibility index (Phi) is 4.89. The first-order valence-electron chi connectivity index (χ1n) is 6.06. The number of aliphatic hydroxyl groups is 1. The van der Waals surface area contributed by atoms with E-state index in [9.17, 15) is 13.5 Å². The lowest BCUT2D eigenvalue weighted by molar-refractivity contribution is 0.0601. The van der Waals surface area contributed by atoms with Crippen LogP contribution in [-0.4, -0.2) is 48.6 Å². The molecular formula is C12H21N3O3S. The summed E-state index contributed by atoms with van der Waals surface area (Å²) in [6.45, 7) is 5.20. The SMILES string of the molecule is CCN(CC(C)(C)O)S(=O)(=O)c1cnccc1NC. The molecule has 0 aliphatic carbocycles. The van der Waals surface area contributed by atoms with E-state index in [0.717, 1.165) is 0 Å². The van der Waals surface area contributed by atoms with Crippen LogP contribution in [0.2, 0.25) is 0 Å². The average Bonchev–Trinajstić information content (AvgIpc) is 2.34. The highest BCUT2D eigenvalue weighted by atomic mass is 32.2. The number of aromatic nitrogens is 1. The summed E-state index contributed by atoms with van der Waals surface area (Å²) in [4.78, 5) is 3.98. The van der Waals surface area contributed by atoms with Crippen LogP contribution in [0, 0.1) is 0 Å². The number of nitrogens with one attached hydrogen (secondary N) is 1. The van der Waals surface area contributed by atoms with Crippen LogP contribution >= 0.6 is 0 Å². The minimum atomic E-state index is -3.68. The van der Waals surface area contributed by atoms with Gasteiger partial charge in [-0.15, -0.1) is 0 Å². The highest BCUT2D eigenvalue weighted by Gasteiger charge is 2.30. The summed E-state index contributed by atoms with van der Waals surface area (Å²) >= 11 is 0. The third kappa shape index (κ3) is 3.89. The molecule has 2 N–H and O–H groups in total. The monoisotopic (exact) mass is 287 g/mol. The second-order valence-electron chi connectivity index (χ2n) is 4.87. The maximum Gasteiger partial charge on any atom is 0.246 e. The predicted molar refractivity (Wildman–Crippen MR) is 74.5 cm³/mol. The summed E-state index contributed by atoms with van der Waals surface area (Å²) < 4.78 is 26.4. The highest BCUT2D eigenvalue weighted by Crippen LogP contribution is 2.24. The van der Waals surface area contributed by atoms with E-state index in [1.807, 2.05) is 0 Å². The lowest BCUT2D eigenvalue weighted by atomic mass is 10.1. The summed E-state index contributed by atoms with van der Waals surface area (Å²) in [5.41, 5.74) is -0.602. The van der Waals surface area contributed by atoms with Crippen molar-refractivity contribution in [1.82, 2.24) is 9.29 Å². The first kappa shape index (κ1) is 15.9. The summed E-state index contributed by atoms with van der Waals surface area (Å²) in [7, 11) is -2.03. The van der Waals surface area contributed by atoms with E-state index in [0.29, 0.717) is 5.69 Å². The molecule has 1 aromatic rings. The Morgan fingerprint density at radius 1 is 1.47 bits per heavy atom. The Balaban J connectivity index is 3.21. The molecule has 0 bridgehead atoms. The van der Waals surface area contributed by atoms with Crippen molar-refractivity contribution in [3.63, 3.8) is 0 Å². The van der Waals surface area contributed by atoms with E-state index >= 15 is 0 Å². The van der Waals surface area contributed by atoms with E-state index in [1.54, 1.807) is 33.9 Å². The van der Waals surface area contributed by atoms with E-state index in [-0.39, 0.29) is 18.0 Å². The maximum atomic E-state index is 12.6. The largest absolute Gasteiger partial charge is 0.389 e. The van der Waals surface area contributed by atoms with Crippen LogP contribution in [0.15, 0.2) is 23.4 Å². The maximum absolute atomic E-state index is 12.6. The van der Waals surface area contributed by atoms with E-state index in [2.05, 4.69) is 10.3 Å². The van der Waals surface area contributed by atoms with Crippen molar-refractivity contribution in [2.24, 2.45) is 0 Å². The zero-order valence-electron chi connectivity index (χ0n) is 11.7. The lowest BCUT2D eigenvalue weighted by Crippen LogP contribution is -2.42. The lowest BCUT2D eigenvalue weighted by Gasteiger charge is -2.27. The molecule has 0 amide bonds. The number of rotatable bonds is 6. The summed E-state index contributed by atoms with van der Waals surface area (Å²) in [5, 5.41) is 12.7. The first-order chi connectivity index (χ1) is 8.72. The van der Waals surface area contributed by atoms with Gasteiger partial charge < -0.3 is 10.4 Å². The molecule has 7 heteroatoms. The third-order valence-corrected chi connectivity index (χ3v) is 4.54. The van der Waals surface area contributed by atoms with Gasteiger partial charge in [-0.3, -0.25) is 4.98 Å². The zero-order chi connectivity index (χ0) is 14.7. The van der Waals surface area contributed by atoms with E-state index in [4.69, 9.17) is 0 Å². The van der Waals surface area contributed by atoms with Crippen LogP contribution in [0.3, 0.4) is 0 Å². The third-order valence-electron chi connectivity index (χ3n) is 2.59. The Bertz CT molecular complexity index is 523. The normalized spacial score (nSPS) is 12.7. The molecule has 1 heterocycles. The number of hydrogen-bond acceptors (Lipinski definition) is 5. The minimum Gasteiger partial charge on any atom is -0.389 e. The van der Waals surface area contributed by atoms with Gasteiger partial charge in [-0.2, -0.15) is 4.31 Å². The highest BCUT2D eigenvalue weighted by molar-refractivity contribution is 7.89. The molecule has 0 aliphatic rings. The van der Waals surface area contributed by atoms with Crippen LogP contribution in [0.4, 0.5) is 5.69 Å². The van der Waals surface area contributed by atoms with E-state index in [1.165, 1.54) is 16.7 Å². The summed E-state index contributed by atoms with van der Waals surface area (Å²) in [5.74, 6) is 0. The van der Waals surface area contributed by atoms with Gasteiger partial charge in [0.2, 0.25) is 10.0 Å². The van der Waals surface area contributed by atoms with E-state index < -0.39 is 15.6 Å². The predicted octanol–water partition coefficient (Wildman–Crippen LogP) is 0.905. The Morgan fingerprint density at radius 2 is 2.11 bits per heavy atom. The fraction of sp³-hybridized carbons (Fsp3) is 0.583. The molecule has 0 saturated heterocycles. The van der Waals surface area contributed by atoms with Gasteiger partial charge in [0.1, 0.15) is 4.90 Å². The van der Waals surface area contributed by atoms with Crippen molar-refractivity contribution in [3.8, 4) is 0 Å². The van der Waals surface area contributed by atoms with Gasteiger partial charge in [-0.25, -0.2) is 8.42 Å². The zero-order valence-corrected chi connectivity index (χ0v) is 12.5. The fourth-order valence-electron chi connectivity index (χ4n) is 1.73. The van der Waals surface area contributed by atoms with Crippen LogP contribution < -0.4 is 5.32 Å². The van der Waals surface area contributed by atoms with Crippen molar-refractivity contribution >= 4 is 15.7 Å². The van der Waals surface area contributed by atoms with Crippen molar-refractivity contribution in [3.05, 3.63) is 18.5 Å². The molecule has 0 unspecified atom stereocenters. The molecule has 0 aliphatic heterocycles. The molecule has 0 radical (unpaired) electrons. The van der Waals surface area contributed by atoms with Gasteiger partial charge in [0.15, 0.2) is 0 Å². The van der Waals surface area contributed by atoms with Crippen LogP contribution in [0.5, 0.6) is 0 Å². The fourth-order valence-corrected chi connectivity index (χ4v) is 3.48. The second-order valence-corrected chi connectivity index (χ2v) is 6.77. The molecule has 1 aromatic heterocycles. The van der Waals surface area contributed by atoms with Crippen molar-refractivity contribution in [2.45, 2.75) is 31.3 Å². The average molecular weight is 287 g/mol. The molecule has 19 heavy (non-hydrogen) atoms. The Hall–Kier alpha value is -1.18. The number of nitrogens with zero attached hydrogens (tertiary/aromatic N) is 2. The molecule has 108 valence electrons. The molecule has 0 aromatic carbocycles. The first-order valence-corrected chi connectivity index (χ1v) is 7.50. The van der Waals surface area contributed by atoms with Gasteiger partial charge in [-0.1, -0.05) is 6.92 Å². The smallest absolute Gasteiger partial charge is 0.246 e. The van der Waals surface area contributed by atoms with Crippen LogP contribution in [0.1, 0.15) is 20.8 Å². The van der Waals surface area contributed by atoms with Gasteiger partial charge in [0, 0.05) is 32.5 Å². The molecule has 0 saturated carbocycles. The van der Waals surface area contributed by atoms with Crippen molar-refractivity contribution in [1.29, 1.82) is 0 Å². The standard InChI is InChI=1S/C12H21N3O3S/c1-5-15(9-12(2,3)16)19(17,18)11-8-14-7-6-10(11)13-4/h6-8,16H,5,9H2,1-4H3,(H,13,14). The van der Waals surface area contributed by atoms with Gasteiger partial charge in [0.25, 0.3) is 0 Å². The van der Waals surface area contributed by atoms with Crippen LogP contribution in [-0.2, 0) is 10.0 Å². The summed E-state index contributed by atoms with van der Waals surface area (Å²) in [6.07, 6.45) is 2.84. The van der Waals surface area contributed by atoms with Gasteiger partial charge in [0.05, 0.1) is 11.3 Å². The topological polar surface area (TPSA) is 82.5 Å². The van der Waals surface area contributed by atoms with Crippen molar-refractivity contribution in [2.75, 3.05) is 25.5 Å². The van der Waals surface area contributed by atoms with Gasteiger partial charge in [-0.05, 0) is 19.9 Å². The Morgan fingerprint density at radius 3 is 2.58 bits per heavy atom. The van der Waals surface area contributed by atoms with Crippen molar-refractivity contribution < 1.29 is 13.5 Å². The number of sulfonamides is 1. The number of anilines is 1. The molecular weight excluding hydrogens is 266 g/mol. The number of hydrogen-bond donors (Lipinski definition) is 2. The molecule has 0 spiro atoms. The number of likely N-dealkylation sites (N-methyl/N-ethyl adjacent to an activating group) is 1. The van der Waals surface area contributed by atoms with Crippen LogP contribution in [0.25, 0.3) is 0 Å². The minimum absolute atomic E-state index is 0.0316. The van der Waals surface area contributed by atoms with Gasteiger partial charge >= 0.3 is 0 Å².